The van der Waals surface area contributed by atoms with Gasteiger partial charge in [0.1, 0.15) is 5.69 Å². The van der Waals surface area contributed by atoms with Crippen molar-refractivity contribution in [3.63, 3.8) is 0 Å². The molecule has 0 unspecified atom stereocenters. The van der Waals surface area contributed by atoms with Crippen molar-refractivity contribution < 1.29 is 87.9 Å². The molecule has 0 bridgehead atoms. The molecule has 66 heavy (non-hydrogen) atoms. The number of nitrogens with zero attached hydrogens (tertiary/aromatic N) is 4. The lowest BCUT2D eigenvalue weighted by atomic mass is 10.3. The first kappa shape index (κ1) is 73.0. The van der Waals surface area contributed by atoms with E-state index in [0.717, 1.165) is 73.7 Å². The Morgan fingerprint density at radius 2 is 0.833 bits per heavy atom. The molecule has 0 spiro atoms. The van der Waals surface area contributed by atoms with Crippen LogP contribution in [0.1, 0.15) is 25.7 Å². The van der Waals surface area contributed by atoms with Crippen LogP contribution in [0.2, 0.25) is 24.2 Å². The summed E-state index contributed by atoms with van der Waals surface area (Å²) in [6.07, 6.45) is 7.41. The Hall–Kier alpha value is -1.98. The molecule has 386 valence electrons. The number of anilines is 1. The lowest BCUT2D eigenvalue weighted by Crippen LogP contribution is -3.00. The molecule has 2 rings (SSSR count). The second-order valence-electron chi connectivity index (χ2n) is 12.6. The topological polar surface area (TPSA) is 303 Å². The minimum atomic E-state index is -2.48. The summed E-state index contributed by atoms with van der Waals surface area (Å²) >= 11 is 0. The lowest BCUT2D eigenvalue weighted by molar-refractivity contribution is -0.657. The van der Waals surface area contributed by atoms with Crippen molar-refractivity contribution in [1.29, 1.82) is 0 Å². The van der Waals surface area contributed by atoms with Crippen LogP contribution in [0.3, 0.4) is 0 Å². The van der Waals surface area contributed by atoms with E-state index >= 15 is 0 Å². The molecule has 0 fully saturated rings. The zero-order valence-corrected chi connectivity index (χ0v) is 48.1. The first-order chi connectivity index (χ1) is 31.1. The molecule has 1 heterocycles. The highest BCUT2D eigenvalue weighted by atomic mass is 35.5. The van der Waals surface area contributed by atoms with E-state index in [-0.39, 0.29) is 12.4 Å². The Labute approximate surface area is 406 Å². The molecule has 1 aromatic carbocycles. The Morgan fingerprint density at radius 3 is 1.08 bits per heavy atom. The fourth-order valence-electron chi connectivity index (χ4n) is 5.19. The number of rotatable bonds is 28. The normalized spacial score (nSPS) is 11.0. The zero-order chi connectivity index (χ0) is 50.6. The van der Waals surface area contributed by atoms with E-state index in [9.17, 15) is 0 Å². The number of azo groups is 1. The summed E-state index contributed by atoms with van der Waals surface area (Å²) in [6, 6.07) is 11.0. The first-order valence-corrected chi connectivity index (χ1v) is 29.4. The van der Waals surface area contributed by atoms with Gasteiger partial charge in [-0.15, -0.1) is 0 Å². The third-order valence-electron chi connectivity index (χ3n) is 9.05. The van der Waals surface area contributed by atoms with E-state index < -0.39 is 53.8 Å². The van der Waals surface area contributed by atoms with Gasteiger partial charge in [-0.2, -0.15) is 0 Å². The zero-order valence-electron chi connectivity index (χ0n) is 41.4. The Morgan fingerprint density at radius 1 is 0.545 bits per heavy atom. The minimum Gasteiger partial charge on any atom is -1.00 e. The summed E-state index contributed by atoms with van der Waals surface area (Å²) in [5, 5.41) is 12.0. The monoisotopic (exact) mass is 1070 g/mol. The summed E-state index contributed by atoms with van der Waals surface area (Å²) in [4.78, 5) is 0. The standard InChI is InChI=1S/C17H27N5O3Si.3C6H17NO3Si.ClH.2O2Si/c1-21-12-13-22(2)17(21)20-19-16-9-7-15(8-10-16)18-11-6-14-26(23-3,24-4)25-5;3*1-8-11(9-2,10-3)6-4-5-7;;2*1-3-2/h7-10,12-13H,6,11,14H2,1-5H3;3*4-7H2,1-3H3;1H;;. The SMILES string of the molecule is CO[Si](CCCN)(OC)OC.CO[Si](CCCN)(OC)OC.CO[Si](CCCN)(OC)OC.CO[Si](CCCNc1ccc(N=Nc2n(C)cc[n+]2C)cc1)(OC)OC.O=[Si]=O.O=[Si]=O.[Cl-]. The molecule has 0 aliphatic carbocycles. The number of imidazole rings is 1. The molecule has 1 aromatic heterocycles. The second-order valence-corrected chi connectivity index (χ2v) is 25.3. The second kappa shape index (κ2) is 46.7. The van der Waals surface area contributed by atoms with Crippen molar-refractivity contribution in [2.45, 2.75) is 49.9 Å². The first-order valence-electron chi connectivity index (χ1n) is 20.1. The van der Waals surface area contributed by atoms with Gasteiger partial charge in [0.2, 0.25) is 0 Å². The summed E-state index contributed by atoms with van der Waals surface area (Å²) in [6.45, 7) is 2.74. The number of aromatic nitrogens is 2. The highest BCUT2D eigenvalue weighted by molar-refractivity contribution is 6.61. The molecule has 0 saturated carbocycles. The number of nitrogens with one attached hydrogen (secondary N) is 1. The van der Waals surface area contributed by atoms with Gasteiger partial charge in [-0.1, -0.05) is 5.11 Å². The number of aryl methyl sites for hydroxylation is 2. The van der Waals surface area contributed by atoms with Gasteiger partial charge in [-0.25, -0.2) is 9.13 Å². The minimum absolute atomic E-state index is 0. The predicted molar refractivity (Wildman–Crippen MR) is 252 cm³/mol. The van der Waals surface area contributed by atoms with Gasteiger partial charge in [-0.05, 0) is 69.6 Å². The van der Waals surface area contributed by atoms with Crippen molar-refractivity contribution in [3.8, 4) is 0 Å². The van der Waals surface area contributed by atoms with Crippen LogP contribution in [0.4, 0.5) is 17.3 Å². The van der Waals surface area contributed by atoms with Crippen LogP contribution in [-0.4, -0.2) is 170 Å². The Kier molecular flexibility index (Phi) is 51.7. The molecule has 0 radical (unpaired) electrons. The average Bonchev–Trinajstić information content (AvgIpc) is 3.67. The Balaban J connectivity index is -0.000000261. The molecular formula is C35H79ClN8O16Si6. The van der Waals surface area contributed by atoms with E-state index in [1.807, 2.05) is 59.9 Å². The van der Waals surface area contributed by atoms with E-state index in [1.165, 1.54) is 0 Å². The van der Waals surface area contributed by atoms with Gasteiger partial charge in [0.15, 0.2) is 0 Å². The fourth-order valence-corrected chi connectivity index (χ4v) is 12.2. The third kappa shape index (κ3) is 31.9. The van der Waals surface area contributed by atoms with Crippen molar-refractivity contribution in [2.75, 3.05) is 117 Å². The lowest BCUT2D eigenvalue weighted by Gasteiger charge is -2.24. The van der Waals surface area contributed by atoms with Crippen LogP contribution in [0.25, 0.3) is 0 Å². The Bertz CT molecular complexity index is 1390. The molecule has 0 aliphatic rings. The molecule has 2 aromatic rings. The van der Waals surface area contributed by atoms with Gasteiger partial charge in [-0.3, -0.25) is 17.8 Å². The van der Waals surface area contributed by atoms with E-state index in [4.69, 9.17) is 88.2 Å². The molecule has 0 aliphatic heterocycles. The molecule has 0 amide bonds. The maximum Gasteiger partial charge on any atom is 0.549 e. The highest BCUT2D eigenvalue weighted by Gasteiger charge is 2.38. The number of hydrogen-bond donors (Lipinski definition) is 4. The third-order valence-corrected chi connectivity index (χ3v) is 20.4. The highest BCUT2D eigenvalue weighted by Crippen LogP contribution is 2.20. The summed E-state index contributed by atoms with van der Waals surface area (Å²) in [5.74, 6) is 0.786. The van der Waals surface area contributed by atoms with E-state index in [1.54, 1.807) is 85.3 Å². The smallest absolute Gasteiger partial charge is 0.549 e. The van der Waals surface area contributed by atoms with Gasteiger partial charge in [0.25, 0.3) is 0 Å². The van der Waals surface area contributed by atoms with Crippen LogP contribution in [0, 0.1) is 0 Å². The predicted octanol–water partition coefficient (Wildman–Crippen LogP) is -0.648. The van der Waals surface area contributed by atoms with Crippen molar-refractivity contribution in [2.24, 2.45) is 41.5 Å². The van der Waals surface area contributed by atoms with Gasteiger partial charge < -0.3 is 88.0 Å². The molecular weight excluding hydrogens is 992 g/mol. The van der Waals surface area contributed by atoms with Crippen LogP contribution in [0.15, 0.2) is 46.9 Å². The average molecular weight is 1070 g/mol. The van der Waals surface area contributed by atoms with Crippen molar-refractivity contribution in [3.05, 3.63) is 36.7 Å². The quantitative estimate of drug-likeness (QED) is 0.0356. The van der Waals surface area contributed by atoms with Crippen LogP contribution >= 0.6 is 0 Å². The summed E-state index contributed by atoms with van der Waals surface area (Å²) in [7, 11) is 11.0. The largest absolute Gasteiger partial charge is 1.00 e. The number of nitrogens with two attached hydrogens (primary N) is 3. The molecule has 7 N–H and O–H groups in total. The maximum atomic E-state index is 8.40. The number of hydrogen-bond acceptors (Lipinski definition) is 22. The van der Waals surface area contributed by atoms with Crippen LogP contribution in [0.5, 0.6) is 0 Å². The summed E-state index contributed by atoms with van der Waals surface area (Å²) < 4.78 is 100. The fraction of sp³-hybridized carbons (Fsp3) is 0.743. The van der Waals surface area contributed by atoms with Crippen molar-refractivity contribution >= 4 is 71.1 Å². The van der Waals surface area contributed by atoms with Crippen LogP contribution < -0.4 is 39.5 Å². The molecule has 0 saturated heterocycles. The van der Waals surface area contributed by atoms with E-state index in [2.05, 4.69) is 15.5 Å². The maximum absolute atomic E-state index is 8.40. The molecule has 24 nitrogen and oxygen atoms in total. The molecule has 0 atom stereocenters. The van der Waals surface area contributed by atoms with Gasteiger partial charge in [0, 0.05) is 127 Å². The van der Waals surface area contributed by atoms with E-state index in [0.29, 0.717) is 19.6 Å². The van der Waals surface area contributed by atoms with Gasteiger partial charge in [0.05, 0.1) is 26.5 Å². The van der Waals surface area contributed by atoms with Crippen LogP contribution in [-0.2, 0) is 85.1 Å². The van der Waals surface area contributed by atoms with Gasteiger partial charge >= 0.3 is 59.8 Å². The number of halogens is 1. The molecule has 31 heteroatoms. The number of benzene rings is 1. The summed E-state index contributed by atoms with van der Waals surface area (Å²) in [5.41, 5.74) is 17.9. The van der Waals surface area contributed by atoms with Crippen molar-refractivity contribution in [1.82, 2.24) is 4.57 Å².